The van der Waals surface area contributed by atoms with Gasteiger partial charge in [0.05, 0.1) is 0 Å². The summed E-state index contributed by atoms with van der Waals surface area (Å²) in [6.07, 6.45) is 3.55. The average molecular weight is 299 g/mol. The van der Waals surface area contributed by atoms with E-state index in [1.807, 2.05) is 6.07 Å². The highest BCUT2D eigenvalue weighted by molar-refractivity contribution is 9.10. The van der Waals surface area contributed by atoms with Gasteiger partial charge >= 0.3 is 0 Å². The molecule has 1 aromatic rings. The Balaban J connectivity index is 2.49. The van der Waals surface area contributed by atoms with E-state index in [2.05, 4.69) is 46.8 Å². The van der Waals surface area contributed by atoms with Gasteiger partial charge in [0.1, 0.15) is 0 Å². The molecule has 0 saturated carbocycles. The summed E-state index contributed by atoms with van der Waals surface area (Å²) in [5.41, 5.74) is 7.95. The summed E-state index contributed by atoms with van der Waals surface area (Å²) in [6, 6.07) is 6.23. The predicted octanol–water partition coefficient (Wildman–Crippen LogP) is 3.70. The zero-order valence-corrected chi connectivity index (χ0v) is 12.5. The van der Waals surface area contributed by atoms with Crippen LogP contribution in [-0.4, -0.2) is 24.5 Å². The Morgan fingerprint density at radius 1 is 1.12 bits per heavy atom. The number of hydrogen-bond donors (Lipinski definition) is 1. The third-order valence-corrected chi connectivity index (χ3v) is 3.55. The maximum Gasteiger partial charge on any atom is 0.0458 e. The van der Waals surface area contributed by atoms with Gasteiger partial charge in [0, 0.05) is 16.7 Å². The predicted molar refractivity (Wildman–Crippen MR) is 79.3 cm³/mol. The van der Waals surface area contributed by atoms with Crippen molar-refractivity contribution in [1.29, 1.82) is 0 Å². The van der Waals surface area contributed by atoms with Gasteiger partial charge in [0.15, 0.2) is 0 Å². The Morgan fingerprint density at radius 2 is 1.76 bits per heavy atom. The zero-order chi connectivity index (χ0) is 12.7. The number of halogens is 1. The fraction of sp³-hybridized carbons (Fsp3) is 0.571. The normalized spacial score (nSPS) is 11.1. The lowest BCUT2D eigenvalue weighted by Gasteiger charge is -2.20. The van der Waals surface area contributed by atoms with Crippen molar-refractivity contribution in [2.45, 2.75) is 33.1 Å². The summed E-state index contributed by atoms with van der Waals surface area (Å²) in [4.78, 5) is 2.53. The van der Waals surface area contributed by atoms with Gasteiger partial charge in [0.2, 0.25) is 0 Å². The van der Waals surface area contributed by atoms with Crippen molar-refractivity contribution in [2.24, 2.45) is 0 Å². The second-order valence-electron chi connectivity index (χ2n) is 4.45. The van der Waals surface area contributed by atoms with Crippen molar-refractivity contribution >= 4 is 21.6 Å². The van der Waals surface area contributed by atoms with Gasteiger partial charge < -0.3 is 10.6 Å². The minimum Gasteiger partial charge on any atom is -0.398 e. The molecule has 1 rings (SSSR count). The Labute approximate surface area is 113 Å². The van der Waals surface area contributed by atoms with Crippen LogP contribution in [0.2, 0.25) is 0 Å². The van der Waals surface area contributed by atoms with Crippen molar-refractivity contribution in [3.8, 4) is 0 Å². The molecule has 2 N–H and O–H groups in total. The zero-order valence-electron chi connectivity index (χ0n) is 10.9. The highest BCUT2D eigenvalue weighted by Crippen LogP contribution is 2.20. The van der Waals surface area contributed by atoms with E-state index >= 15 is 0 Å². The van der Waals surface area contributed by atoms with Crippen molar-refractivity contribution in [1.82, 2.24) is 4.90 Å². The van der Waals surface area contributed by atoms with Crippen molar-refractivity contribution in [2.75, 3.05) is 25.4 Å². The molecule has 96 valence electrons. The molecule has 0 aliphatic heterocycles. The maximum atomic E-state index is 5.78. The quantitative estimate of drug-likeness (QED) is 0.778. The first-order valence-corrected chi connectivity index (χ1v) is 7.23. The summed E-state index contributed by atoms with van der Waals surface area (Å²) >= 11 is 3.48. The second kappa shape index (κ2) is 7.72. The molecule has 0 amide bonds. The highest BCUT2D eigenvalue weighted by atomic mass is 79.9. The highest BCUT2D eigenvalue weighted by Gasteiger charge is 2.04. The first-order chi connectivity index (χ1) is 8.17. The number of anilines is 1. The third kappa shape index (κ3) is 5.09. The molecular formula is C14H23BrN2. The summed E-state index contributed by atoms with van der Waals surface area (Å²) in [5.74, 6) is 0. The Morgan fingerprint density at radius 3 is 2.29 bits per heavy atom. The summed E-state index contributed by atoms with van der Waals surface area (Å²) in [6.45, 7) is 8.01. The molecule has 0 unspecified atom stereocenters. The fourth-order valence-corrected chi connectivity index (χ4v) is 2.41. The van der Waals surface area contributed by atoms with Gasteiger partial charge in [-0.1, -0.05) is 19.9 Å². The van der Waals surface area contributed by atoms with Gasteiger partial charge in [-0.25, -0.2) is 0 Å². The molecule has 17 heavy (non-hydrogen) atoms. The van der Waals surface area contributed by atoms with Gasteiger partial charge in [-0.05, 0) is 66.0 Å². The lowest BCUT2D eigenvalue weighted by molar-refractivity contribution is 0.278. The number of nitrogens with zero attached hydrogens (tertiary/aromatic N) is 1. The van der Waals surface area contributed by atoms with Gasteiger partial charge in [0.25, 0.3) is 0 Å². The van der Waals surface area contributed by atoms with Crippen LogP contribution < -0.4 is 5.73 Å². The minimum atomic E-state index is 0.813. The molecule has 0 spiro atoms. The molecule has 0 aliphatic rings. The van der Waals surface area contributed by atoms with Crippen LogP contribution in [-0.2, 0) is 6.42 Å². The molecule has 3 heteroatoms. The van der Waals surface area contributed by atoms with E-state index in [4.69, 9.17) is 5.73 Å². The number of rotatable bonds is 7. The van der Waals surface area contributed by atoms with Crippen molar-refractivity contribution in [3.05, 3.63) is 28.2 Å². The topological polar surface area (TPSA) is 29.3 Å². The summed E-state index contributed by atoms with van der Waals surface area (Å²) in [5, 5.41) is 0. The number of benzene rings is 1. The average Bonchev–Trinajstić information content (AvgIpc) is 2.31. The van der Waals surface area contributed by atoms with Crippen LogP contribution in [0.3, 0.4) is 0 Å². The van der Waals surface area contributed by atoms with E-state index in [-0.39, 0.29) is 0 Å². The third-order valence-electron chi connectivity index (χ3n) is 2.86. The smallest absolute Gasteiger partial charge is 0.0458 e. The van der Waals surface area contributed by atoms with Crippen molar-refractivity contribution in [3.63, 3.8) is 0 Å². The van der Waals surface area contributed by atoms with E-state index < -0.39 is 0 Å². The largest absolute Gasteiger partial charge is 0.398 e. The molecule has 0 aromatic heterocycles. The molecule has 0 heterocycles. The molecule has 0 fully saturated rings. The second-order valence-corrected chi connectivity index (χ2v) is 5.30. The molecule has 0 saturated heterocycles. The Kier molecular flexibility index (Phi) is 6.60. The molecule has 0 radical (unpaired) electrons. The van der Waals surface area contributed by atoms with Gasteiger partial charge in [-0.3, -0.25) is 0 Å². The molecule has 0 atom stereocenters. The van der Waals surface area contributed by atoms with Crippen LogP contribution in [0, 0.1) is 0 Å². The molecular weight excluding hydrogens is 276 g/mol. The SMILES string of the molecule is CCCN(CCC)CCc1ccc(N)c(Br)c1. The molecule has 2 nitrogen and oxygen atoms in total. The Hall–Kier alpha value is -0.540. The lowest BCUT2D eigenvalue weighted by atomic mass is 10.1. The number of nitrogen functional groups attached to an aromatic ring is 1. The van der Waals surface area contributed by atoms with E-state index in [1.54, 1.807) is 0 Å². The number of nitrogens with two attached hydrogens (primary N) is 1. The number of hydrogen-bond acceptors (Lipinski definition) is 2. The summed E-state index contributed by atoms with van der Waals surface area (Å²) in [7, 11) is 0. The first kappa shape index (κ1) is 14.5. The minimum absolute atomic E-state index is 0.813. The van der Waals surface area contributed by atoms with Gasteiger partial charge in [-0.15, -0.1) is 0 Å². The van der Waals surface area contributed by atoms with Crippen LogP contribution >= 0.6 is 15.9 Å². The van der Waals surface area contributed by atoms with Crippen LogP contribution in [0.15, 0.2) is 22.7 Å². The fourth-order valence-electron chi connectivity index (χ4n) is 1.98. The van der Waals surface area contributed by atoms with Crippen LogP contribution in [0.1, 0.15) is 32.3 Å². The molecule has 1 aromatic carbocycles. The molecule has 0 aliphatic carbocycles. The van der Waals surface area contributed by atoms with Crippen LogP contribution in [0.4, 0.5) is 5.69 Å². The van der Waals surface area contributed by atoms with Crippen LogP contribution in [0.25, 0.3) is 0 Å². The summed E-state index contributed by atoms with van der Waals surface area (Å²) < 4.78 is 1.01. The monoisotopic (exact) mass is 298 g/mol. The van der Waals surface area contributed by atoms with E-state index in [0.717, 1.165) is 23.1 Å². The van der Waals surface area contributed by atoms with E-state index in [9.17, 15) is 0 Å². The van der Waals surface area contributed by atoms with Crippen molar-refractivity contribution < 1.29 is 0 Å². The van der Waals surface area contributed by atoms with Gasteiger partial charge in [-0.2, -0.15) is 0 Å². The van der Waals surface area contributed by atoms with E-state index in [0.29, 0.717) is 0 Å². The molecule has 0 bridgehead atoms. The first-order valence-electron chi connectivity index (χ1n) is 6.43. The van der Waals surface area contributed by atoms with E-state index in [1.165, 1.54) is 31.5 Å². The lowest BCUT2D eigenvalue weighted by Crippen LogP contribution is -2.27. The standard InChI is InChI=1S/C14H23BrN2/c1-3-8-17(9-4-2)10-7-12-5-6-14(16)13(15)11-12/h5-6,11H,3-4,7-10,16H2,1-2H3. The van der Waals surface area contributed by atoms with Crippen LogP contribution in [0.5, 0.6) is 0 Å². The maximum absolute atomic E-state index is 5.78. The Bertz CT molecular complexity index is 333.